The Labute approximate surface area is 123 Å². The van der Waals surface area contributed by atoms with Crippen molar-refractivity contribution in [1.82, 2.24) is 4.98 Å². The molecule has 0 bridgehead atoms. The predicted molar refractivity (Wildman–Crippen MR) is 78.7 cm³/mol. The van der Waals surface area contributed by atoms with Gasteiger partial charge in [-0.15, -0.1) is 0 Å². The first kappa shape index (κ1) is 15.0. The van der Waals surface area contributed by atoms with E-state index in [2.05, 4.69) is 9.72 Å². The number of pyridine rings is 1. The maximum atomic E-state index is 11.3. The van der Waals surface area contributed by atoms with E-state index >= 15 is 0 Å². The van der Waals surface area contributed by atoms with Gasteiger partial charge >= 0.3 is 5.97 Å². The number of hydrogen-bond donors (Lipinski definition) is 1. The standard InChI is InChI=1S/C16H18N2O3/c1-20-16(19)14(17)9-13-7-8-15(18-10-13)21-11-12-5-3-2-4-6-12/h2-8,10,14H,9,11,17H2,1H3. The van der Waals surface area contributed by atoms with Gasteiger partial charge in [0.1, 0.15) is 12.6 Å². The number of nitrogens with zero attached hydrogens (tertiary/aromatic N) is 1. The van der Waals surface area contributed by atoms with Gasteiger partial charge in [0.05, 0.1) is 7.11 Å². The van der Waals surface area contributed by atoms with Gasteiger partial charge in [0, 0.05) is 12.3 Å². The number of esters is 1. The molecule has 0 fully saturated rings. The van der Waals surface area contributed by atoms with E-state index in [1.54, 1.807) is 12.3 Å². The molecule has 110 valence electrons. The van der Waals surface area contributed by atoms with Gasteiger partial charge in [-0.25, -0.2) is 4.98 Å². The summed E-state index contributed by atoms with van der Waals surface area (Å²) < 4.78 is 10.2. The molecule has 0 saturated heterocycles. The van der Waals surface area contributed by atoms with Crippen LogP contribution in [0.5, 0.6) is 5.88 Å². The number of benzene rings is 1. The lowest BCUT2D eigenvalue weighted by Crippen LogP contribution is -2.33. The van der Waals surface area contributed by atoms with Gasteiger partial charge in [0.2, 0.25) is 5.88 Å². The number of rotatable bonds is 6. The van der Waals surface area contributed by atoms with Crippen LogP contribution in [-0.2, 0) is 22.6 Å². The van der Waals surface area contributed by atoms with E-state index in [-0.39, 0.29) is 0 Å². The summed E-state index contributed by atoms with van der Waals surface area (Å²) in [6.45, 7) is 0.467. The molecule has 5 heteroatoms. The fourth-order valence-corrected chi connectivity index (χ4v) is 1.84. The van der Waals surface area contributed by atoms with Gasteiger partial charge in [0.15, 0.2) is 0 Å². The molecule has 1 atom stereocenters. The van der Waals surface area contributed by atoms with E-state index in [9.17, 15) is 4.79 Å². The third kappa shape index (κ3) is 4.57. The van der Waals surface area contributed by atoms with Crippen LogP contribution in [0.1, 0.15) is 11.1 Å². The van der Waals surface area contributed by atoms with Crippen LogP contribution in [0, 0.1) is 0 Å². The highest BCUT2D eigenvalue weighted by atomic mass is 16.5. The Hall–Kier alpha value is -2.40. The maximum Gasteiger partial charge on any atom is 0.322 e. The fraction of sp³-hybridized carbons (Fsp3) is 0.250. The number of nitrogens with two attached hydrogens (primary N) is 1. The van der Waals surface area contributed by atoms with Crippen LogP contribution < -0.4 is 10.5 Å². The SMILES string of the molecule is COC(=O)C(N)Cc1ccc(OCc2ccccc2)nc1. The summed E-state index contributed by atoms with van der Waals surface area (Å²) in [5.74, 6) is 0.105. The van der Waals surface area contributed by atoms with Crippen molar-refractivity contribution < 1.29 is 14.3 Å². The van der Waals surface area contributed by atoms with Gasteiger partial charge in [-0.05, 0) is 17.5 Å². The second-order valence-electron chi connectivity index (χ2n) is 4.61. The Morgan fingerprint density at radius 1 is 1.19 bits per heavy atom. The van der Waals surface area contributed by atoms with Crippen LogP contribution in [-0.4, -0.2) is 24.1 Å². The number of aromatic nitrogens is 1. The highest BCUT2D eigenvalue weighted by molar-refractivity contribution is 5.75. The van der Waals surface area contributed by atoms with Crippen molar-refractivity contribution in [3.63, 3.8) is 0 Å². The quantitative estimate of drug-likeness (QED) is 0.818. The lowest BCUT2D eigenvalue weighted by atomic mass is 10.1. The highest BCUT2D eigenvalue weighted by Gasteiger charge is 2.14. The van der Waals surface area contributed by atoms with E-state index in [4.69, 9.17) is 10.5 Å². The lowest BCUT2D eigenvalue weighted by molar-refractivity contribution is -0.142. The summed E-state index contributed by atoms with van der Waals surface area (Å²) in [6, 6.07) is 12.8. The largest absolute Gasteiger partial charge is 0.473 e. The Balaban J connectivity index is 1.88. The molecule has 1 unspecified atom stereocenters. The number of methoxy groups -OCH3 is 1. The minimum atomic E-state index is -0.673. The van der Waals surface area contributed by atoms with Crippen molar-refractivity contribution in [3.05, 3.63) is 59.8 Å². The Bertz CT molecular complexity index is 570. The molecule has 0 radical (unpaired) electrons. The Morgan fingerprint density at radius 2 is 1.95 bits per heavy atom. The predicted octanol–water partition coefficient (Wildman–Crippen LogP) is 1.70. The molecule has 2 rings (SSSR count). The summed E-state index contributed by atoms with van der Waals surface area (Å²) in [5, 5.41) is 0. The van der Waals surface area contributed by atoms with Crippen molar-refractivity contribution in [3.8, 4) is 5.88 Å². The average molecular weight is 286 g/mol. The third-order valence-corrected chi connectivity index (χ3v) is 2.99. The van der Waals surface area contributed by atoms with Crippen LogP contribution in [0.25, 0.3) is 0 Å². The summed E-state index contributed by atoms with van der Waals surface area (Å²) >= 11 is 0. The average Bonchev–Trinajstić information content (AvgIpc) is 2.54. The van der Waals surface area contributed by atoms with E-state index < -0.39 is 12.0 Å². The third-order valence-electron chi connectivity index (χ3n) is 2.99. The first-order valence-electron chi connectivity index (χ1n) is 6.64. The summed E-state index contributed by atoms with van der Waals surface area (Å²) in [5.41, 5.74) is 7.64. The normalized spacial score (nSPS) is 11.7. The minimum Gasteiger partial charge on any atom is -0.473 e. The van der Waals surface area contributed by atoms with Gasteiger partial charge in [-0.2, -0.15) is 0 Å². The van der Waals surface area contributed by atoms with Gasteiger partial charge in [0.25, 0.3) is 0 Å². The molecule has 21 heavy (non-hydrogen) atoms. The Kier molecular flexibility index (Phi) is 5.29. The molecule has 0 spiro atoms. The van der Waals surface area contributed by atoms with Crippen molar-refractivity contribution in [2.45, 2.75) is 19.1 Å². The molecule has 2 aromatic rings. The first-order chi connectivity index (χ1) is 10.2. The zero-order valence-electron chi connectivity index (χ0n) is 11.9. The van der Waals surface area contributed by atoms with Gasteiger partial charge in [-0.1, -0.05) is 36.4 Å². The van der Waals surface area contributed by atoms with Crippen LogP contribution in [0.3, 0.4) is 0 Å². The molecular formula is C16H18N2O3. The van der Waals surface area contributed by atoms with Crippen LogP contribution >= 0.6 is 0 Å². The maximum absolute atomic E-state index is 11.3. The summed E-state index contributed by atoms with van der Waals surface area (Å²) in [4.78, 5) is 15.5. The topological polar surface area (TPSA) is 74.4 Å². The number of carbonyl (C=O) groups excluding carboxylic acids is 1. The summed E-state index contributed by atoms with van der Waals surface area (Å²) in [7, 11) is 1.32. The van der Waals surface area contributed by atoms with E-state index in [0.717, 1.165) is 11.1 Å². The molecule has 1 aromatic carbocycles. The molecule has 0 aliphatic carbocycles. The molecule has 0 amide bonds. The molecule has 2 N–H and O–H groups in total. The van der Waals surface area contributed by atoms with E-state index in [0.29, 0.717) is 18.9 Å². The smallest absolute Gasteiger partial charge is 0.322 e. The second kappa shape index (κ2) is 7.40. The fourth-order valence-electron chi connectivity index (χ4n) is 1.84. The van der Waals surface area contributed by atoms with Crippen molar-refractivity contribution in [2.75, 3.05) is 7.11 Å². The van der Waals surface area contributed by atoms with Crippen LogP contribution in [0.15, 0.2) is 48.7 Å². The highest BCUT2D eigenvalue weighted by Crippen LogP contribution is 2.11. The monoisotopic (exact) mass is 286 g/mol. The molecule has 1 aromatic heterocycles. The lowest BCUT2D eigenvalue weighted by Gasteiger charge is -2.09. The van der Waals surface area contributed by atoms with Crippen molar-refractivity contribution >= 4 is 5.97 Å². The molecule has 0 aliphatic heterocycles. The minimum absolute atomic E-state index is 0.388. The van der Waals surface area contributed by atoms with Crippen LogP contribution in [0.4, 0.5) is 0 Å². The van der Waals surface area contributed by atoms with Crippen molar-refractivity contribution in [2.24, 2.45) is 5.73 Å². The Morgan fingerprint density at radius 3 is 2.57 bits per heavy atom. The van der Waals surface area contributed by atoms with Crippen LogP contribution in [0.2, 0.25) is 0 Å². The molecular weight excluding hydrogens is 268 g/mol. The van der Waals surface area contributed by atoms with Gasteiger partial charge in [-0.3, -0.25) is 4.79 Å². The number of carbonyl (C=O) groups is 1. The second-order valence-corrected chi connectivity index (χ2v) is 4.61. The molecule has 1 heterocycles. The summed E-state index contributed by atoms with van der Waals surface area (Å²) in [6.07, 6.45) is 2.04. The zero-order chi connectivity index (χ0) is 15.1. The van der Waals surface area contributed by atoms with Crippen molar-refractivity contribution in [1.29, 1.82) is 0 Å². The number of hydrogen-bond acceptors (Lipinski definition) is 5. The van der Waals surface area contributed by atoms with Gasteiger partial charge < -0.3 is 15.2 Å². The van der Waals surface area contributed by atoms with E-state index in [1.165, 1.54) is 7.11 Å². The molecule has 0 saturated carbocycles. The number of ether oxygens (including phenoxy) is 2. The molecule has 5 nitrogen and oxygen atoms in total. The van der Waals surface area contributed by atoms with E-state index in [1.807, 2.05) is 36.4 Å². The zero-order valence-corrected chi connectivity index (χ0v) is 11.9. The molecule has 0 aliphatic rings. The first-order valence-corrected chi connectivity index (χ1v) is 6.64.